The quantitative estimate of drug-likeness (QED) is 0.782. The molecule has 0 unspecified atom stereocenters. The number of aromatic nitrogens is 2. The molecule has 1 heterocycles. The van der Waals surface area contributed by atoms with E-state index in [1.807, 2.05) is 64.2 Å². The maximum Gasteiger partial charge on any atom is 0.407 e. The van der Waals surface area contributed by atoms with Crippen LogP contribution in [0.5, 0.6) is 5.88 Å². The maximum atomic E-state index is 11.7. The number of nitrogens with zero attached hydrogens (tertiary/aromatic N) is 2. The predicted octanol–water partition coefficient (Wildman–Crippen LogP) is 3.99. The van der Waals surface area contributed by atoms with Crippen LogP contribution in [0.3, 0.4) is 0 Å². The summed E-state index contributed by atoms with van der Waals surface area (Å²) >= 11 is 3.45. The molecule has 0 saturated heterocycles. The molecule has 2 rings (SSSR count). The Labute approximate surface area is 156 Å². The highest BCUT2D eigenvalue weighted by molar-refractivity contribution is 9.10. The normalized spacial score (nSPS) is 12.5. The minimum absolute atomic E-state index is 0.207. The number of alkyl carbamates (subject to hydrolysis) is 1. The number of hydrogen-bond donors (Lipinski definition) is 1. The van der Waals surface area contributed by atoms with Crippen molar-refractivity contribution in [1.29, 1.82) is 0 Å². The van der Waals surface area contributed by atoms with Crippen LogP contribution in [0, 0.1) is 0 Å². The van der Waals surface area contributed by atoms with Crippen molar-refractivity contribution in [3.63, 3.8) is 0 Å². The highest BCUT2D eigenvalue weighted by Gasteiger charge is 2.18. The Morgan fingerprint density at radius 2 is 2.00 bits per heavy atom. The number of rotatable bonds is 6. The topological polar surface area (TPSA) is 65.4 Å². The molecule has 1 N–H and O–H groups in total. The van der Waals surface area contributed by atoms with E-state index in [-0.39, 0.29) is 6.04 Å². The summed E-state index contributed by atoms with van der Waals surface area (Å²) in [4.78, 5) is 11.7. The molecule has 0 aliphatic heterocycles. The second-order valence-corrected chi connectivity index (χ2v) is 7.68. The summed E-state index contributed by atoms with van der Waals surface area (Å²) in [5, 5.41) is 7.16. The zero-order valence-electron chi connectivity index (χ0n) is 15.0. The lowest BCUT2D eigenvalue weighted by Gasteiger charge is -2.21. The fourth-order valence-electron chi connectivity index (χ4n) is 2.08. The molecule has 6 nitrogen and oxygen atoms in total. The van der Waals surface area contributed by atoms with Gasteiger partial charge in [-0.3, -0.25) is 4.68 Å². The van der Waals surface area contributed by atoms with Crippen molar-refractivity contribution in [3.8, 4) is 5.88 Å². The van der Waals surface area contributed by atoms with Gasteiger partial charge in [0.05, 0.1) is 17.1 Å². The fourth-order valence-corrected chi connectivity index (χ4v) is 2.51. The summed E-state index contributed by atoms with van der Waals surface area (Å²) in [7, 11) is 0. The second-order valence-electron chi connectivity index (χ2n) is 6.82. The third-order valence-electron chi connectivity index (χ3n) is 3.11. The van der Waals surface area contributed by atoms with E-state index in [9.17, 15) is 4.79 Å². The molecule has 136 valence electrons. The molecule has 0 spiro atoms. The smallest absolute Gasteiger partial charge is 0.407 e. The Morgan fingerprint density at radius 1 is 1.32 bits per heavy atom. The van der Waals surface area contributed by atoms with Gasteiger partial charge in [-0.1, -0.05) is 30.3 Å². The van der Waals surface area contributed by atoms with Crippen molar-refractivity contribution in [2.75, 3.05) is 6.61 Å². The number of nitrogens with one attached hydrogen (secondary N) is 1. The molecule has 2 aromatic rings. The molecule has 1 amide bonds. The van der Waals surface area contributed by atoms with E-state index in [0.29, 0.717) is 19.0 Å². The Bertz CT molecular complexity index is 695. The first-order valence-corrected chi connectivity index (χ1v) is 8.91. The average molecular weight is 410 g/mol. The summed E-state index contributed by atoms with van der Waals surface area (Å²) in [5.41, 5.74) is 0.633. The number of carbonyl (C=O) groups excluding carboxylic acids is 1. The van der Waals surface area contributed by atoms with Crippen molar-refractivity contribution in [2.45, 2.75) is 45.9 Å². The summed E-state index contributed by atoms with van der Waals surface area (Å²) in [5.74, 6) is 0.494. The molecule has 0 aliphatic rings. The number of ether oxygens (including phenoxy) is 2. The highest BCUT2D eigenvalue weighted by Crippen LogP contribution is 2.23. The van der Waals surface area contributed by atoms with Crippen LogP contribution in [-0.4, -0.2) is 34.1 Å². The maximum absolute atomic E-state index is 11.7. The molecule has 1 aromatic carbocycles. The monoisotopic (exact) mass is 409 g/mol. The number of hydrogen-bond acceptors (Lipinski definition) is 4. The molecular weight excluding hydrogens is 386 g/mol. The molecule has 0 radical (unpaired) electrons. The van der Waals surface area contributed by atoms with Crippen molar-refractivity contribution in [2.24, 2.45) is 0 Å². The van der Waals surface area contributed by atoms with E-state index < -0.39 is 11.7 Å². The lowest BCUT2D eigenvalue weighted by atomic mass is 10.2. The summed E-state index contributed by atoms with van der Waals surface area (Å²) in [6, 6.07) is 9.85. The van der Waals surface area contributed by atoms with Crippen LogP contribution in [0.1, 0.15) is 33.3 Å². The van der Waals surface area contributed by atoms with E-state index in [1.165, 1.54) is 0 Å². The number of benzene rings is 1. The van der Waals surface area contributed by atoms with Crippen molar-refractivity contribution in [3.05, 3.63) is 46.6 Å². The fraction of sp³-hybridized carbons (Fsp3) is 0.444. The first-order valence-electron chi connectivity index (χ1n) is 8.12. The Morgan fingerprint density at radius 3 is 2.64 bits per heavy atom. The van der Waals surface area contributed by atoms with Crippen molar-refractivity contribution >= 4 is 22.0 Å². The zero-order chi connectivity index (χ0) is 18.4. The first-order chi connectivity index (χ1) is 11.7. The van der Waals surface area contributed by atoms with Gasteiger partial charge in [0, 0.05) is 6.20 Å². The third-order valence-corrected chi connectivity index (χ3v) is 3.65. The lowest BCUT2D eigenvalue weighted by molar-refractivity contribution is 0.0493. The van der Waals surface area contributed by atoms with Gasteiger partial charge >= 0.3 is 6.09 Å². The van der Waals surface area contributed by atoms with Crippen LogP contribution in [-0.2, 0) is 11.3 Å². The van der Waals surface area contributed by atoms with Crippen LogP contribution < -0.4 is 10.1 Å². The minimum atomic E-state index is -0.524. The van der Waals surface area contributed by atoms with Gasteiger partial charge in [0.15, 0.2) is 0 Å². The predicted molar refractivity (Wildman–Crippen MR) is 99.8 cm³/mol. The lowest BCUT2D eigenvalue weighted by Crippen LogP contribution is -2.40. The summed E-state index contributed by atoms with van der Waals surface area (Å²) < 4.78 is 13.5. The van der Waals surface area contributed by atoms with Crippen LogP contribution in [0.4, 0.5) is 4.79 Å². The molecule has 0 saturated carbocycles. The molecule has 7 heteroatoms. The SMILES string of the molecule is C[C@@H](COc1nn(Cc2ccccc2)cc1Br)NC(=O)OC(C)(C)C. The van der Waals surface area contributed by atoms with Gasteiger partial charge in [-0.2, -0.15) is 0 Å². The van der Waals surface area contributed by atoms with E-state index >= 15 is 0 Å². The van der Waals surface area contributed by atoms with Crippen LogP contribution in [0.2, 0.25) is 0 Å². The number of carbonyl (C=O) groups is 1. The van der Waals surface area contributed by atoms with E-state index in [2.05, 4.69) is 26.3 Å². The van der Waals surface area contributed by atoms with Crippen LogP contribution in [0.15, 0.2) is 41.0 Å². The van der Waals surface area contributed by atoms with Gasteiger partial charge in [-0.15, -0.1) is 5.10 Å². The molecule has 1 atom stereocenters. The highest BCUT2D eigenvalue weighted by atomic mass is 79.9. The second kappa shape index (κ2) is 8.38. The van der Waals surface area contributed by atoms with Gasteiger partial charge in [0.25, 0.3) is 0 Å². The van der Waals surface area contributed by atoms with Crippen molar-refractivity contribution < 1.29 is 14.3 Å². The van der Waals surface area contributed by atoms with Gasteiger partial charge in [0.1, 0.15) is 12.2 Å². The van der Waals surface area contributed by atoms with E-state index in [0.717, 1.165) is 10.0 Å². The van der Waals surface area contributed by atoms with Gasteiger partial charge in [0.2, 0.25) is 5.88 Å². The van der Waals surface area contributed by atoms with E-state index in [4.69, 9.17) is 9.47 Å². The first kappa shape index (κ1) is 19.3. The van der Waals surface area contributed by atoms with Crippen LogP contribution >= 0.6 is 15.9 Å². The van der Waals surface area contributed by atoms with Gasteiger partial charge in [-0.25, -0.2) is 4.79 Å². The van der Waals surface area contributed by atoms with Gasteiger partial charge in [-0.05, 0) is 49.2 Å². The van der Waals surface area contributed by atoms with Gasteiger partial charge < -0.3 is 14.8 Å². The summed E-state index contributed by atoms with van der Waals surface area (Å²) in [6.45, 7) is 8.27. The Balaban J connectivity index is 1.85. The number of halogens is 1. The Kier molecular flexibility index (Phi) is 6.47. The molecule has 25 heavy (non-hydrogen) atoms. The number of amides is 1. The van der Waals surface area contributed by atoms with Crippen LogP contribution in [0.25, 0.3) is 0 Å². The van der Waals surface area contributed by atoms with E-state index in [1.54, 1.807) is 4.68 Å². The molecule has 0 bridgehead atoms. The minimum Gasteiger partial charge on any atom is -0.474 e. The Hall–Kier alpha value is -2.02. The standard InChI is InChI=1S/C18H24BrN3O3/c1-13(20-17(23)25-18(2,3)4)12-24-16-15(19)11-22(21-16)10-14-8-6-5-7-9-14/h5-9,11,13H,10,12H2,1-4H3,(H,20,23)/t13-/m0/s1. The summed E-state index contributed by atoms with van der Waals surface area (Å²) in [6.07, 6.45) is 1.41. The molecule has 0 fully saturated rings. The largest absolute Gasteiger partial charge is 0.474 e. The van der Waals surface area contributed by atoms with Crippen molar-refractivity contribution in [1.82, 2.24) is 15.1 Å². The third kappa shape index (κ3) is 6.78. The molecule has 1 aromatic heterocycles. The average Bonchev–Trinajstić information content (AvgIpc) is 2.84. The zero-order valence-corrected chi connectivity index (χ0v) is 16.5. The molecule has 0 aliphatic carbocycles. The molecular formula is C18H24BrN3O3.